The fourth-order valence-corrected chi connectivity index (χ4v) is 4.36. The molecule has 2 aliphatic rings. The first kappa shape index (κ1) is 20.0. The molecular weight excluding hydrogens is 365 g/mol. The Labute approximate surface area is 172 Å². The molecule has 4 nitrogen and oxygen atoms in total. The summed E-state index contributed by atoms with van der Waals surface area (Å²) < 4.78 is 14.2. The molecule has 1 saturated carbocycles. The van der Waals surface area contributed by atoms with Crippen molar-refractivity contribution in [1.29, 1.82) is 0 Å². The van der Waals surface area contributed by atoms with E-state index in [0.29, 0.717) is 5.56 Å². The van der Waals surface area contributed by atoms with Gasteiger partial charge in [0.15, 0.2) is 0 Å². The van der Waals surface area contributed by atoms with E-state index in [1.807, 2.05) is 13.0 Å². The van der Waals surface area contributed by atoms with Gasteiger partial charge in [0, 0.05) is 50.9 Å². The molecule has 2 aromatic carbocycles. The fourth-order valence-electron chi connectivity index (χ4n) is 4.36. The number of nitrogens with one attached hydrogen (secondary N) is 1. The molecule has 2 aromatic rings. The van der Waals surface area contributed by atoms with Gasteiger partial charge in [0.1, 0.15) is 5.82 Å². The van der Waals surface area contributed by atoms with Gasteiger partial charge in [0.05, 0.1) is 5.41 Å². The second kappa shape index (κ2) is 8.64. The van der Waals surface area contributed by atoms with Crippen LogP contribution in [0.1, 0.15) is 30.9 Å². The zero-order chi connectivity index (χ0) is 20.3. The van der Waals surface area contributed by atoms with Crippen LogP contribution in [0.5, 0.6) is 0 Å². The van der Waals surface area contributed by atoms with Gasteiger partial charge in [-0.3, -0.25) is 14.6 Å². The minimum Gasteiger partial charge on any atom is -0.352 e. The Kier molecular flexibility index (Phi) is 5.97. The standard InChI is InChI=1S/C24H30FN3O/c1-19(26-23(29)24(11-12-24)21-9-5-6-10-22(21)25)17-27-13-15-28(16-14-27)18-20-7-3-2-4-8-20/h2-10,19H,11-18H2,1H3,(H,26,29). The van der Waals surface area contributed by atoms with Crippen molar-refractivity contribution in [3.63, 3.8) is 0 Å². The lowest BCUT2D eigenvalue weighted by atomic mass is 9.94. The molecule has 5 heteroatoms. The maximum atomic E-state index is 14.2. The lowest BCUT2D eigenvalue weighted by molar-refractivity contribution is -0.124. The monoisotopic (exact) mass is 395 g/mol. The van der Waals surface area contributed by atoms with Crippen LogP contribution in [0.2, 0.25) is 0 Å². The molecule has 4 rings (SSSR count). The Balaban J connectivity index is 1.25. The molecule has 1 saturated heterocycles. The van der Waals surface area contributed by atoms with Gasteiger partial charge in [0.25, 0.3) is 0 Å². The Bertz CT molecular complexity index is 829. The van der Waals surface area contributed by atoms with E-state index in [2.05, 4.69) is 45.4 Å². The summed E-state index contributed by atoms with van der Waals surface area (Å²) in [6.07, 6.45) is 1.45. The number of benzene rings is 2. The minimum absolute atomic E-state index is 0.0298. The predicted octanol–water partition coefficient (Wildman–Crippen LogP) is 3.18. The molecule has 0 spiro atoms. The molecule has 0 radical (unpaired) electrons. The molecule has 0 aromatic heterocycles. The summed E-state index contributed by atoms with van der Waals surface area (Å²) in [5.74, 6) is -0.305. The van der Waals surface area contributed by atoms with Gasteiger partial charge in [-0.25, -0.2) is 4.39 Å². The number of amides is 1. The Morgan fingerprint density at radius 1 is 1.00 bits per heavy atom. The zero-order valence-corrected chi connectivity index (χ0v) is 17.1. The van der Waals surface area contributed by atoms with Crippen LogP contribution >= 0.6 is 0 Å². The van der Waals surface area contributed by atoms with E-state index in [1.54, 1.807) is 12.1 Å². The Hall–Kier alpha value is -2.24. The molecule has 29 heavy (non-hydrogen) atoms. The predicted molar refractivity (Wildman–Crippen MR) is 113 cm³/mol. The van der Waals surface area contributed by atoms with Crippen molar-refractivity contribution in [2.75, 3.05) is 32.7 Å². The van der Waals surface area contributed by atoms with E-state index in [1.165, 1.54) is 11.6 Å². The van der Waals surface area contributed by atoms with Crippen LogP contribution in [-0.4, -0.2) is 54.5 Å². The van der Waals surface area contributed by atoms with E-state index >= 15 is 0 Å². The van der Waals surface area contributed by atoms with Crippen molar-refractivity contribution in [3.8, 4) is 0 Å². The van der Waals surface area contributed by atoms with Crippen molar-refractivity contribution in [2.24, 2.45) is 0 Å². The molecule has 1 unspecified atom stereocenters. The van der Waals surface area contributed by atoms with Crippen molar-refractivity contribution in [1.82, 2.24) is 15.1 Å². The first-order valence-corrected chi connectivity index (χ1v) is 10.6. The number of carbonyl (C=O) groups is 1. The van der Waals surface area contributed by atoms with E-state index in [-0.39, 0.29) is 17.8 Å². The first-order valence-electron chi connectivity index (χ1n) is 10.6. The zero-order valence-electron chi connectivity index (χ0n) is 17.1. The number of piperazine rings is 1. The highest BCUT2D eigenvalue weighted by molar-refractivity contribution is 5.91. The summed E-state index contributed by atoms with van der Waals surface area (Å²) in [7, 11) is 0. The van der Waals surface area contributed by atoms with Crippen LogP contribution in [0.3, 0.4) is 0 Å². The van der Waals surface area contributed by atoms with Crippen LogP contribution < -0.4 is 5.32 Å². The second-order valence-electron chi connectivity index (χ2n) is 8.50. The van der Waals surface area contributed by atoms with E-state index in [4.69, 9.17) is 0 Å². The number of rotatable bonds is 7. The van der Waals surface area contributed by atoms with E-state index < -0.39 is 5.41 Å². The number of nitrogens with zero attached hydrogens (tertiary/aromatic N) is 2. The molecule has 1 N–H and O–H groups in total. The normalized spacial score (nSPS) is 20.2. The topological polar surface area (TPSA) is 35.6 Å². The van der Waals surface area contributed by atoms with Gasteiger partial charge in [-0.15, -0.1) is 0 Å². The molecule has 1 aliphatic carbocycles. The minimum atomic E-state index is -0.659. The quantitative estimate of drug-likeness (QED) is 0.782. The highest BCUT2D eigenvalue weighted by Gasteiger charge is 2.52. The third-order valence-corrected chi connectivity index (χ3v) is 6.20. The molecule has 0 bridgehead atoms. The molecule has 1 heterocycles. The van der Waals surface area contributed by atoms with Gasteiger partial charge in [0.2, 0.25) is 5.91 Å². The highest BCUT2D eigenvalue weighted by Crippen LogP contribution is 2.49. The number of halogens is 1. The van der Waals surface area contributed by atoms with Crippen molar-refractivity contribution < 1.29 is 9.18 Å². The summed E-state index contributed by atoms with van der Waals surface area (Å²) in [6.45, 7) is 7.95. The van der Waals surface area contributed by atoms with Crippen LogP contribution in [0.4, 0.5) is 4.39 Å². The average Bonchev–Trinajstić information content (AvgIpc) is 3.52. The molecular formula is C24H30FN3O. The summed E-state index contributed by atoms with van der Waals surface area (Å²) in [5, 5.41) is 3.15. The smallest absolute Gasteiger partial charge is 0.231 e. The Morgan fingerprint density at radius 3 is 2.28 bits per heavy atom. The van der Waals surface area contributed by atoms with Crippen LogP contribution in [0, 0.1) is 5.82 Å². The Morgan fingerprint density at radius 2 is 1.62 bits per heavy atom. The largest absolute Gasteiger partial charge is 0.352 e. The summed E-state index contributed by atoms with van der Waals surface area (Å²) in [6, 6.07) is 17.3. The van der Waals surface area contributed by atoms with Gasteiger partial charge in [-0.05, 0) is 31.4 Å². The summed E-state index contributed by atoms with van der Waals surface area (Å²) >= 11 is 0. The van der Waals surface area contributed by atoms with Gasteiger partial charge in [-0.2, -0.15) is 0 Å². The average molecular weight is 396 g/mol. The highest BCUT2D eigenvalue weighted by atomic mass is 19.1. The van der Waals surface area contributed by atoms with Gasteiger partial charge < -0.3 is 5.32 Å². The summed E-state index contributed by atoms with van der Waals surface area (Å²) in [5.41, 5.74) is 1.23. The van der Waals surface area contributed by atoms with Crippen molar-refractivity contribution in [3.05, 3.63) is 71.5 Å². The van der Waals surface area contributed by atoms with E-state index in [9.17, 15) is 9.18 Å². The number of carbonyl (C=O) groups excluding carboxylic acids is 1. The van der Waals surface area contributed by atoms with Gasteiger partial charge in [-0.1, -0.05) is 48.5 Å². The molecule has 1 aliphatic heterocycles. The van der Waals surface area contributed by atoms with Crippen LogP contribution in [0.15, 0.2) is 54.6 Å². The van der Waals surface area contributed by atoms with E-state index in [0.717, 1.165) is 52.1 Å². The molecule has 154 valence electrons. The number of hydrogen-bond acceptors (Lipinski definition) is 3. The lowest BCUT2D eigenvalue weighted by Gasteiger charge is -2.36. The molecule has 1 atom stereocenters. The van der Waals surface area contributed by atoms with Crippen LogP contribution in [0.25, 0.3) is 0 Å². The second-order valence-corrected chi connectivity index (χ2v) is 8.50. The maximum Gasteiger partial charge on any atom is 0.231 e. The van der Waals surface area contributed by atoms with Crippen molar-refractivity contribution in [2.45, 2.75) is 37.8 Å². The third kappa shape index (κ3) is 4.68. The molecule has 2 fully saturated rings. The lowest BCUT2D eigenvalue weighted by Crippen LogP contribution is -2.51. The molecule has 1 amide bonds. The number of hydrogen-bond donors (Lipinski definition) is 1. The fraction of sp³-hybridized carbons (Fsp3) is 0.458. The maximum absolute atomic E-state index is 14.2. The van der Waals surface area contributed by atoms with Gasteiger partial charge >= 0.3 is 0 Å². The SMILES string of the molecule is CC(CN1CCN(Cc2ccccc2)CC1)NC(=O)C1(c2ccccc2F)CC1. The van der Waals surface area contributed by atoms with Crippen LogP contribution in [-0.2, 0) is 16.8 Å². The summed E-state index contributed by atoms with van der Waals surface area (Å²) in [4.78, 5) is 17.8. The van der Waals surface area contributed by atoms with Crippen molar-refractivity contribution >= 4 is 5.91 Å². The third-order valence-electron chi connectivity index (χ3n) is 6.20. The first-order chi connectivity index (χ1) is 14.1.